The molecule has 0 heterocycles. The van der Waals surface area contributed by atoms with E-state index in [1.807, 2.05) is 0 Å². The lowest BCUT2D eigenvalue weighted by Crippen LogP contribution is -2.45. The lowest BCUT2D eigenvalue weighted by atomic mass is 10.1. The average molecular weight is 300 g/mol. The van der Waals surface area contributed by atoms with E-state index in [1.54, 1.807) is 32.0 Å². The third kappa shape index (κ3) is 3.89. The smallest absolute Gasteiger partial charge is 0.398 e. The van der Waals surface area contributed by atoms with Crippen LogP contribution in [0.25, 0.3) is 0 Å². The second-order valence-corrected chi connectivity index (χ2v) is 5.72. The van der Waals surface area contributed by atoms with Gasteiger partial charge in [-0.1, -0.05) is 11.6 Å². The number of rotatable bonds is 4. The van der Waals surface area contributed by atoms with Gasteiger partial charge in [-0.15, -0.1) is 0 Å². The first kappa shape index (κ1) is 15.7. The number of nitrogen functional groups attached to an aromatic ring is 1. The van der Waals surface area contributed by atoms with Crippen LogP contribution in [0, 0.1) is 12.8 Å². The maximum atomic E-state index is 12.8. The van der Waals surface area contributed by atoms with Crippen LogP contribution in [0.2, 0.25) is 0 Å². The third-order valence-corrected chi connectivity index (χ3v) is 3.85. The minimum atomic E-state index is -4.42. The molecule has 0 bridgehead atoms. The fourth-order valence-corrected chi connectivity index (χ4v) is 2.44. The second kappa shape index (κ2) is 5.58. The van der Waals surface area contributed by atoms with Crippen molar-refractivity contribution in [1.82, 2.24) is 4.90 Å². The van der Waals surface area contributed by atoms with Crippen molar-refractivity contribution >= 4 is 11.6 Å². The molecule has 3 nitrogen and oxygen atoms in total. The van der Waals surface area contributed by atoms with Crippen molar-refractivity contribution in [2.45, 2.75) is 38.9 Å². The Balaban J connectivity index is 2.30. The largest absolute Gasteiger partial charge is 0.406 e. The normalized spacial score (nSPS) is 16.6. The molecule has 0 aliphatic heterocycles. The van der Waals surface area contributed by atoms with E-state index in [2.05, 4.69) is 0 Å². The van der Waals surface area contributed by atoms with Crippen molar-refractivity contribution < 1.29 is 18.0 Å². The number of aryl methyl sites for hydroxylation is 1. The molecule has 2 N–H and O–H groups in total. The van der Waals surface area contributed by atoms with Gasteiger partial charge in [-0.3, -0.25) is 4.79 Å². The number of carbonyl (C=O) groups is 1. The van der Waals surface area contributed by atoms with E-state index in [1.165, 1.54) is 0 Å². The van der Waals surface area contributed by atoms with Crippen LogP contribution in [-0.4, -0.2) is 29.6 Å². The Kier molecular flexibility index (Phi) is 4.16. The van der Waals surface area contributed by atoms with Gasteiger partial charge >= 0.3 is 6.18 Å². The highest BCUT2D eigenvalue weighted by atomic mass is 19.4. The minimum absolute atomic E-state index is 0.145. The number of anilines is 1. The lowest BCUT2D eigenvalue weighted by Gasteiger charge is -2.30. The SMILES string of the molecule is Cc1ccc(N)c(C(=O)N(CC(F)(F)F)C(C)C2CC2)c1. The lowest BCUT2D eigenvalue weighted by molar-refractivity contribution is -0.144. The topological polar surface area (TPSA) is 46.3 Å². The van der Waals surface area contributed by atoms with Crippen LogP contribution in [0.1, 0.15) is 35.7 Å². The maximum Gasteiger partial charge on any atom is 0.406 e. The van der Waals surface area contributed by atoms with Crippen LogP contribution in [0.4, 0.5) is 18.9 Å². The van der Waals surface area contributed by atoms with E-state index in [9.17, 15) is 18.0 Å². The fraction of sp³-hybridized carbons (Fsp3) is 0.533. The van der Waals surface area contributed by atoms with Crippen LogP contribution in [0.15, 0.2) is 18.2 Å². The zero-order chi connectivity index (χ0) is 15.8. The zero-order valence-electron chi connectivity index (χ0n) is 12.1. The molecule has 0 saturated heterocycles. The Morgan fingerprint density at radius 3 is 2.57 bits per heavy atom. The molecule has 1 aromatic carbocycles. The summed E-state index contributed by atoms with van der Waals surface area (Å²) in [6.07, 6.45) is -2.68. The molecule has 1 unspecified atom stereocenters. The predicted molar refractivity (Wildman–Crippen MR) is 74.9 cm³/mol. The average Bonchev–Trinajstić information content (AvgIpc) is 3.20. The zero-order valence-corrected chi connectivity index (χ0v) is 12.1. The maximum absolute atomic E-state index is 12.8. The molecule has 21 heavy (non-hydrogen) atoms. The van der Waals surface area contributed by atoms with Gasteiger partial charge in [0.15, 0.2) is 0 Å². The summed E-state index contributed by atoms with van der Waals surface area (Å²) in [5.74, 6) is -0.491. The number of amides is 1. The molecule has 6 heteroatoms. The Labute approximate surface area is 121 Å². The van der Waals surface area contributed by atoms with E-state index in [0.29, 0.717) is 0 Å². The van der Waals surface area contributed by atoms with Gasteiger partial charge in [0.2, 0.25) is 0 Å². The molecule has 1 aliphatic carbocycles. The Morgan fingerprint density at radius 1 is 1.43 bits per heavy atom. The molecular weight excluding hydrogens is 281 g/mol. The molecule has 1 fully saturated rings. The first-order valence-electron chi connectivity index (χ1n) is 6.93. The van der Waals surface area contributed by atoms with E-state index in [0.717, 1.165) is 23.3 Å². The molecule has 116 valence electrons. The number of nitrogens with two attached hydrogens (primary N) is 1. The van der Waals surface area contributed by atoms with Gasteiger partial charge in [0.1, 0.15) is 6.54 Å². The van der Waals surface area contributed by atoms with E-state index >= 15 is 0 Å². The molecule has 1 atom stereocenters. The number of halogens is 3. The van der Waals surface area contributed by atoms with Crippen molar-refractivity contribution in [3.05, 3.63) is 29.3 Å². The van der Waals surface area contributed by atoms with Crippen LogP contribution in [0.5, 0.6) is 0 Å². The van der Waals surface area contributed by atoms with Gasteiger partial charge in [-0.25, -0.2) is 0 Å². The van der Waals surface area contributed by atoms with Gasteiger partial charge in [0.05, 0.1) is 5.56 Å². The van der Waals surface area contributed by atoms with E-state index < -0.39 is 24.7 Å². The van der Waals surface area contributed by atoms with Gasteiger partial charge in [0, 0.05) is 11.7 Å². The van der Waals surface area contributed by atoms with Gasteiger partial charge in [0.25, 0.3) is 5.91 Å². The van der Waals surface area contributed by atoms with Crippen LogP contribution in [-0.2, 0) is 0 Å². The number of carbonyl (C=O) groups excluding carboxylic acids is 1. The summed E-state index contributed by atoms with van der Waals surface area (Å²) in [6, 6.07) is 4.39. The summed E-state index contributed by atoms with van der Waals surface area (Å²) < 4.78 is 38.3. The van der Waals surface area contributed by atoms with Gasteiger partial charge < -0.3 is 10.6 Å². The Bertz CT molecular complexity index is 538. The third-order valence-electron chi connectivity index (χ3n) is 3.85. The molecule has 1 aliphatic rings. The predicted octanol–water partition coefficient (Wildman–Crippen LogP) is 3.38. The summed E-state index contributed by atoms with van der Waals surface area (Å²) in [5, 5.41) is 0. The summed E-state index contributed by atoms with van der Waals surface area (Å²) in [5.41, 5.74) is 6.90. The highest BCUT2D eigenvalue weighted by Crippen LogP contribution is 2.37. The number of nitrogens with zero attached hydrogens (tertiary/aromatic N) is 1. The fourth-order valence-electron chi connectivity index (χ4n) is 2.44. The van der Waals surface area contributed by atoms with Crippen molar-refractivity contribution in [2.75, 3.05) is 12.3 Å². The number of benzene rings is 1. The van der Waals surface area contributed by atoms with Crippen molar-refractivity contribution in [3.63, 3.8) is 0 Å². The van der Waals surface area contributed by atoms with Crippen molar-refractivity contribution in [1.29, 1.82) is 0 Å². The molecule has 1 saturated carbocycles. The molecule has 1 aromatic rings. The summed E-state index contributed by atoms with van der Waals surface area (Å²) in [6.45, 7) is 2.21. The van der Waals surface area contributed by atoms with Gasteiger partial charge in [-0.05, 0) is 44.7 Å². The Hall–Kier alpha value is -1.72. The van der Waals surface area contributed by atoms with Crippen LogP contribution < -0.4 is 5.73 Å². The first-order valence-corrected chi connectivity index (χ1v) is 6.93. The summed E-state index contributed by atoms with van der Waals surface area (Å²) in [4.78, 5) is 13.4. The highest BCUT2D eigenvalue weighted by Gasteiger charge is 2.41. The summed E-state index contributed by atoms with van der Waals surface area (Å²) >= 11 is 0. The van der Waals surface area contributed by atoms with Crippen molar-refractivity contribution in [2.24, 2.45) is 5.92 Å². The molecule has 0 spiro atoms. The van der Waals surface area contributed by atoms with E-state index in [4.69, 9.17) is 5.73 Å². The second-order valence-electron chi connectivity index (χ2n) is 5.72. The molecule has 0 radical (unpaired) electrons. The number of hydrogen-bond acceptors (Lipinski definition) is 2. The molecule has 2 rings (SSSR count). The number of alkyl halides is 3. The molecule has 0 aromatic heterocycles. The first-order chi connectivity index (χ1) is 9.69. The van der Waals surface area contributed by atoms with E-state index in [-0.39, 0.29) is 17.2 Å². The molecular formula is C15H19F3N2O. The van der Waals surface area contributed by atoms with Crippen LogP contribution >= 0.6 is 0 Å². The van der Waals surface area contributed by atoms with Crippen molar-refractivity contribution in [3.8, 4) is 0 Å². The quantitative estimate of drug-likeness (QED) is 0.866. The standard InChI is InChI=1S/C15H19F3N2O/c1-9-3-6-13(19)12(7-9)14(21)20(8-15(16,17)18)10(2)11-4-5-11/h3,6-7,10-11H,4-5,8,19H2,1-2H3. The van der Waals surface area contributed by atoms with Gasteiger partial charge in [-0.2, -0.15) is 13.2 Å². The highest BCUT2D eigenvalue weighted by molar-refractivity contribution is 5.99. The minimum Gasteiger partial charge on any atom is -0.398 e. The molecule has 1 amide bonds. The summed E-state index contributed by atoms with van der Waals surface area (Å²) in [7, 11) is 0. The number of hydrogen-bond donors (Lipinski definition) is 1. The van der Waals surface area contributed by atoms with Crippen LogP contribution in [0.3, 0.4) is 0 Å². The monoisotopic (exact) mass is 300 g/mol. The Morgan fingerprint density at radius 2 is 2.05 bits per heavy atom.